The van der Waals surface area contributed by atoms with Crippen molar-refractivity contribution in [2.24, 2.45) is 5.41 Å². The largest absolute Gasteiger partial charge is 0.465 e. The molecule has 1 aliphatic heterocycles. The normalized spacial score (nSPS) is 38.8. The molecular formula is C14H25NO4. The monoisotopic (exact) mass is 271 g/mol. The van der Waals surface area contributed by atoms with Gasteiger partial charge in [0.25, 0.3) is 0 Å². The summed E-state index contributed by atoms with van der Waals surface area (Å²) in [6.45, 7) is 8.91. The highest BCUT2D eigenvalue weighted by Crippen LogP contribution is 2.61. The predicted octanol–water partition coefficient (Wildman–Crippen LogP) is 2.74. The number of amides is 1. The van der Waals surface area contributed by atoms with Crippen molar-refractivity contribution in [3.63, 3.8) is 0 Å². The standard InChI is InChI=1S/C14H25NO4/c1-12(2,3)14(9-13(14,4)15-11(16)17)19-10-7-5-6-8-18-10/h10,15H,5-9H2,1-4H3,(H,16,17). The van der Waals surface area contributed by atoms with Gasteiger partial charge in [0.15, 0.2) is 6.29 Å². The molecule has 3 atom stereocenters. The van der Waals surface area contributed by atoms with Crippen LogP contribution in [0.15, 0.2) is 0 Å². The molecule has 0 radical (unpaired) electrons. The van der Waals surface area contributed by atoms with Crippen molar-refractivity contribution in [3.8, 4) is 0 Å². The van der Waals surface area contributed by atoms with Crippen molar-refractivity contribution in [1.82, 2.24) is 5.32 Å². The van der Waals surface area contributed by atoms with E-state index in [9.17, 15) is 4.79 Å². The van der Waals surface area contributed by atoms with Crippen molar-refractivity contribution in [2.75, 3.05) is 6.61 Å². The van der Waals surface area contributed by atoms with Crippen LogP contribution in [-0.2, 0) is 9.47 Å². The summed E-state index contributed by atoms with van der Waals surface area (Å²) in [6.07, 6.45) is 2.56. The molecule has 110 valence electrons. The number of carbonyl (C=O) groups is 1. The molecule has 1 aliphatic carbocycles. The highest BCUT2D eigenvalue weighted by Gasteiger charge is 2.73. The van der Waals surface area contributed by atoms with Crippen LogP contribution in [0.5, 0.6) is 0 Å². The third-order valence-electron chi connectivity index (χ3n) is 4.43. The maximum absolute atomic E-state index is 11.0. The second-order valence-corrected chi connectivity index (χ2v) is 6.93. The van der Waals surface area contributed by atoms with E-state index in [0.29, 0.717) is 6.42 Å². The molecule has 2 aliphatic rings. The molecule has 2 rings (SSSR count). The van der Waals surface area contributed by atoms with E-state index in [4.69, 9.17) is 14.6 Å². The van der Waals surface area contributed by atoms with Crippen LogP contribution in [0.25, 0.3) is 0 Å². The van der Waals surface area contributed by atoms with Gasteiger partial charge in [0.2, 0.25) is 0 Å². The zero-order valence-electron chi connectivity index (χ0n) is 12.3. The van der Waals surface area contributed by atoms with E-state index in [-0.39, 0.29) is 11.7 Å². The molecule has 19 heavy (non-hydrogen) atoms. The smallest absolute Gasteiger partial charge is 0.405 e. The lowest BCUT2D eigenvalue weighted by molar-refractivity contribution is -0.224. The second-order valence-electron chi connectivity index (χ2n) is 6.93. The Morgan fingerprint density at radius 2 is 2.11 bits per heavy atom. The molecule has 0 aromatic heterocycles. The van der Waals surface area contributed by atoms with E-state index in [1.54, 1.807) is 0 Å². The molecule has 0 aromatic rings. The van der Waals surface area contributed by atoms with E-state index in [1.165, 1.54) is 0 Å². The summed E-state index contributed by atoms with van der Waals surface area (Å²) in [4.78, 5) is 11.0. The molecular weight excluding hydrogens is 246 g/mol. The fourth-order valence-corrected chi connectivity index (χ4v) is 3.30. The fourth-order valence-electron chi connectivity index (χ4n) is 3.30. The number of carboxylic acid groups (broad SMARTS) is 1. The fraction of sp³-hybridized carbons (Fsp3) is 0.929. The molecule has 5 nitrogen and oxygen atoms in total. The summed E-state index contributed by atoms with van der Waals surface area (Å²) in [7, 11) is 0. The van der Waals surface area contributed by atoms with Crippen LogP contribution in [0, 0.1) is 5.41 Å². The quantitative estimate of drug-likeness (QED) is 0.828. The lowest BCUT2D eigenvalue weighted by Gasteiger charge is -2.38. The maximum atomic E-state index is 11.0. The Hall–Kier alpha value is -0.810. The van der Waals surface area contributed by atoms with Crippen LogP contribution < -0.4 is 5.32 Å². The van der Waals surface area contributed by atoms with Gasteiger partial charge in [-0.25, -0.2) is 4.79 Å². The number of ether oxygens (including phenoxy) is 2. The van der Waals surface area contributed by atoms with E-state index in [0.717, 1.165) is 25.9 Å². The lowest BCUT2D eigenvalue weighted by Crippen LogP contribution is -2.50. The summed E-state index contributed by atoms with van der Waals surface area (Å²) in [5, 5.41) is 11.6. The van der Waals surface area contributed by atoms with E-state index < -0.39 is 17.2 Å². The minimum atomic E-state index is -0.998. The highest BCUT2D eigenvalue weighted by molar-refractivity contribution is 5.67. The van der Waals surface area contributed by atoms with Gasteiger partial charge < -0.3 is 19.9 Å². The Kier molecular flexibility index (Phi) is 3.56. The van der Waals surface area contributed by atoms with Crippen molar-refractivity contribution in [1.29, 1.82) is 0 Å². The first-order chi connectivity index (χ1) is 8.70. The minimum Gasteiger partial charge on any atom is -0.465 e. The molecule has 0 aromatic carbocycles. The van der Waals surface area contributed by atoms with Crippen molar-refractivity contribution >= 4 is 6.09 Å². The van der Waals surface area contributed by atoms with E-state index >= 15 is 0 Å². The van der Waals surface area contributed by atoms with Gasteiger partial charge in [0, 0.05) is 13.0 Å². The second kappa shape index (κ2) is 4.63. The van der Waals surface area contributed by atoms with Gasteiger partial charge in [-0.15, -0.1) is 0 Å². The number of nitrogens with one attached hydrogen (secondary N) is 1. The van der Waals surface area contributed by atoms with Crippen molar-refractivity contribution in [3.05, 3.63) is 0 Å². The third kappa shape index (κ3) is 2.58. The van der Waals surface area contributed by atoms with Crippen LogP contribution in [0.4, 0.5) is 4.79 Å². The van der Waals surface area contributed by atoms with Crippen LogP contribution in [0.3, 0.4) is 0 Å². The van der Waals surface area contributed by atoms with Gasteiger partial charge in [-0.1, -0.05) is 20.8 Å². The predicted molar refractivity (Wildman–Crippen MR) is 71.0 cm³/mol. The summed E-state index contributed by atoms with van der Waals surface area (Å²) < 4.78 is 11.9. The molecule has 1 saturated heterocycles. The maximum Gasteiger partial charge on any atom is 0.405 e. The molecule has 0 bridgehead atoms. The van der Waals surface area contributed by atoms with Gasteiger partial charge in [0.1, 0.15) is 5.60 Å². The first-order valence-corrected chi connectivity index (χ1v) is 7.01. The minimum absolute atomic E-state index is 0.148. The Labute approximate surface area is 114 Å². The van der Waals surface area contributed by atoms with Crippen LogP contribution in [-0.4, -0.2) is 35.2 Å². The van der Waals surface area contributed by atoms with Gasteiger partial charge >= 0.3 is 6.09 Å². The van der Waals surface area contributed by atoms with Crippen LogP contribution >= 0.6 is 0 Å². The Bertz CT molecular complexity index is 359. The SMILES string of the molecule is CC(C)(C)C1(OC2CCCCO2)CC1(C)NC(=O)O. The van der Waals surface area contributed by atoms with Gasteiger partial charge in [-0.05, 0) is 31.6 Å². The molecule has 2 fully saturated rings. The first-order valence-electron chi connectivity index (χ1n) is 7.01. The molecule has 1 heterocycles. The van der Waals surface area contributed by atoms with Gasteiger partial charge in [-0.2, -0.15) is 0 Å². The Morgan fingerprint density at radius 1 is 1.42 bits per heavy atom. The van der Waals surface area contributed by atoms with Crippen molar-refractivity contribution in [2.45, 2.75) is 70.8 Å². The third-order valence-corrected chi connectivity index (χ3v) is 4.43. The molecule has 0 spiro atoms. The lowest BCUT2D eigenvalue weighted by atomic mass is 9.83. The summed E-state index contributed by atoms with van der Waals surface area (Å²) in [5.41, 5.74) is -1.16. The zero-order valence-corrected chi connectivity index (χ0v) is 12.3. The molecule has 1 saturated carbocycles. The number of rotatable bonds is 3. The summed E-state index contributed by atoms with van der Waals surface area (Å²) >= 11 is 0. The molecule has 2 N–H and O–H groups in total. The molecule has 1 amide bonds. The van der Waals surface area contributed by atoms with Crippen LogP contribution in [0.2, 0.25) is 0 Å². The van der Waals surface area contributed by atoms with E-state index in [1.807, 2.05) is 6.92 Å². The highest BCUT2D eigenvalue weighted by atomic mass is 16.7. The van der Waals surface area contributed by atoms with Gasteiger partial charge in [0.05, 0.1) is 5.54 Å². The number of hydrogen-bond donors (Lipinski definition) is 2. The number of hydrogen-bond acceptors (Lipinski definition) is 3. The van der Waals surface area contributed by atoms with Crippen LogP contribution in [0.1, 0.15) is 53.4 Å². The van der Waals surface area contributed by atoms with Crippen molar-refractivity contribution < 1.29 is 19.4 Å². The first kappa shape index (κ1) is 14.6. The topological polar surface area (TPSA) is 67.8 Å². The Balaban J connectivity index is 2.12. The zero-order chi connectivity index (χ0) is 14.3. The average molecular weight is 271 g/mol. The summed E-state index contributed by atoms with van der Waals surface area (Å²) in [5.74, 6) is 0. The molecule has 3 unspecified atom stereocenters. The average Bonchev–Trinajstić information content (AvgIpc) is 2.84. The Morgan fingerprint density at radius 3 is 2.58 bits per heavy atom. The molecule has 5 heteroatoms. The van der Waals surface area contributed by atoms with E-state index in [2.05, 4.69) is 26.1 Å². The van der Waals surface area contributed by atoms with Gasteiger partial charge in [-0.3, -0.25) is 0 Å². The summed E-state index contributed by atoms with van der Waals surface area (Å²) in [6, 6.07) is 0.